The van der Waals surface area contributed by atoms with Crippen molar-refractivity contribution in [3.63, 3.8) is 0 Å². The Balaban J connectivity index is 0.000000433. The van der Waals surface area contributed by atoms with Gasteiger partial charge in [-0.1, -0.05) is 12.8 Å². The second kappa shape index (κ2) is 17.5. The summed E-state index contributed by atoms with van der Waals surface area (Å²) < 4.78 is 14.7. The SMILES string of the molecule is CC(C)(C)[C@H]1CO/C(=C2\C=CC=C2[Se][Se]C2=CC=C/C2=C2/[N-][C@@H](C(C)(C)C)CO2)[N-]1.[CH]1[CH][CH][CH-][CH]1.[Fe+2].[Fe+2].c1cc[cH-]c1. The molecule has 3 aliphatic carbocycles. The zero-order chi connectivity index (χ0) is 28.6. The molecule has 0 unspecified atom stereocenters. The van der Waals surface area contributed by atoms with Crippen LogP contribution < -0.4 is 0 Å². The molecular weight excluding hydrogens is 738 g/mol. The van der Waals surface area contributed by atoms with Crippen molar-refractivity contribution in [2.45, 2.75) is 53.6 Å². The van der Waals surface area contributed by atoms with Gasteiger partial charge in [-0.2, -0.15) is 31.0 Å². The molecule has 8 heteroatoms. The second-order valence-electron chi connectivity index (χ2n) is 12.0. The van der Waals surface area contributed by atoms with E-state index in [1.807, 2.05) is 62.4 Å². The monoisotopic (exact) mass is 780 g/mol. The van der Waals surface area contributed by atoms with Crippen molar-refractivity contribution >= 4 is 26.3 Å². The number of hydrogen-bond donors (Lipinski definition) is 0. The smallest absolute Gasteiger partial charge is 0.326 e. The minimum atomic E-state index is 0. The molecule has 2 aliphatic heterocycles. The van der Waals surface area contributed by atoms with Crippen LogP contribution in [0.15, 0.2) is 98.6 Å². The molecule has 6 rings (SSSR count). The van der Waals surface area contributed by atoms with Gasteiger partial charge in [-0.25, -0.2) is 12.1 Å². The molecule has 1 aromatic rings. The molecule has 4 radical (unpaired) electrons. The van der Waals surface area contributed by atoms with E-state index in [0.29, 0.717) is 39.5 Å². The summed E-state index contributed by atoms with van der Waals surface area (Å²) in [5.41, 5.74) is 2.61. The van der Waals surface area contributed by atoms with E-state index in [-0.39, 0.29) is 57.1 Å². The van der Waals surface area contributed by atoms with Crippen LogP contribution in [-0.4, -0.2) is 51.6 Å². The fourth-order valence-corrected chi connectivity index (χ4v) is 11.1. The maximum Gasteiger partial charge on any atom is 2.00 e. The van der Waals surface area contributed by atoms with Crippen molar-refractivity contribution in [3.05, 3.63) is 141 Å². The van der Waals surface area contributed by atoms with E-state index in [4.69, 9.17) is 20.1 Å². The Labute approximate surface area is 286 Å². The van der Waals surface area contributed by atoms with Crippen molar-refractivity contribution in [1.82, 2.24) is 0 Å². The van der Waals surface area contributed by atoms with Crippen molar-refractivity contribution in [2.24, 2.45) is 10.8 Å². The first kappa shape index (κ1) is 37.3. The Morgan fingerprint density at radius 2 is 1.14 bits per heavy atom. The van der Waals surface area contributed by atoms with Gasteiger partial charge in [0.1, 0.15) is 0 Å². The topological polar surface area (TPSA) is 46.7 Å². The molecule has 3 fully saturated rings. The van der Waals surface area contributed by atoms with Gasteiger partial charge in [0.05, 0.1) is 0 Å². The van der Waals surface area contributed by atoms with Crippen LogP contribution in [0, 0.1) is 42.9 Å². The van der Waals surface area contributed by atoms with Crippen LogP contribution in [0.3, 0.4) is 0 Å². The number of allylic oxidation sites excluding steroid dienone is 10. The molecule has 42 heavy (non-hydrogen) atoms. The maximum atomic E-state index is 5.99. The summed E-state index contributed by atoms with van der Waals surface area (Å²) in [7, 11) is 0. The fourth-order valence-electron chi connectivity index (χ4n) is 3.97. The summed E-state index contributed by atoms with van der Waals surface area (Å²) in [6.45, 7) is 14.7. The summed E-state index contributed by atoms with van der Waals surface area (Å²) in [5.74, 6) is 1.65. The molecule has 0 bridgehead atoms. The quantitative estimate of drug-likeness (QED) is 0.234. The van der Waals surface area contributed by atoms with Crippen molar-refractivity contribution < 1.29 is 43.6 Å². The third-order valence-electron chi connectivity index (χ3n) is 6.65. The molecule has 0 spiro atoms. The average Bonchev–Trinajstić information content (AvgIpc) is 3.75. The van der Waals surface area contributed by atoms with Gasteiger partial charge in [0, 0.05) is 0 Å². The standard InChI is InChI=1S/C24H30N2O2Se2.2C5H5.2Fe/c1-23(2,3)19-13-27-21(25-19)15-9-7-11-17(15)29-30-18-12-8-10-16(18)22-26-20(14-28-22)24(4,5)6;2*1-2-4-5-3-1;;/h7-12,19-20H,13-14H2,1-6H3;2*1-5H;;/q-2;2*-1;2*+2/b21-15+,22-16+;;;;/t19-,20-;;;;/m1..../s1. The Hall–Kier alpha value is -0.932. The Kier molecular flexibility index (Phi) is 15.5. The number of hydrogen-bond acceptors (Lipinski definition) is 2. The summed E-state index contributed by atoms with van der Waals surface area (Å²) in [6, 6.07) is 10.5. The van der Waals surface area contributed by atoms with E-state index in [9.17, 15) is 0 Å². The minimum Gasteiger partial charge on any atom is -0.326 e. The van der Waals surface area contributed by atoms with Crippen LogP contribution in [0.4, 0.5) is 0 Å². The van der Waals surface area contributed by atoms with E-state index < -0.39 is 0 Å². The zero-order valence-electron chi connectivity index (χ0n) is 25.0. The van der Waals surface area contributed by atoms with Gasteiger partial charge in [0.2, 0.25) is 0 Å². The third-order valence-corrected chi connectivity index (χ3v) is 13.9. The summed E-state index contributed by atoms with van der Waals surface area (Å²) in [4.78, 5) is 0. The van der Waals surface area contributed by atoms with E-state index >= 15 is 0 Å². The van der Waals surface area contributed by atoms with Gasteiger partial charge in [0.15, 0.2) is 0 Å². The Morgan fingerprint density at radius 3 is 1.43 bits per heavy atom. The van der Waals surface area contributed by atoms with Crippen LogP contribution in [0.25, 0.3) is 10.6 Å². The summed E-state index contributed by atoms with van der Waals surface area (Å²) in [6.07, 6.45) is 23.0. The molecular formula is C34H40Fe2N2O2Se2. The van der Waals surface area contributed by atoms with Gasteiger partial charge in [-0.3, -0.25) is 0 Å². The summed E-state index contributed by atoms with van der Waals surface area (Å²) in [5, 5.41) is 9.78. The first-order valence-electron chi connectivity index (χ1n) is 13.7. The van der Waals surface area contributed by atoms with Crippen LogP contribution in [0.5, 0.6) is 0 Å². The van der Waals surface area contributed by atoms with E-state index in [1.165, 1.54) is 20.1 Å². The van der Waals surface area contributed by atoms with Crippen molar-refractivity contribution in [3.8, 4) is 0 Å². The maximum absolute atomic E-state index is 5.99. The second-order valence-corrected chi connectivity index (χ2v) is 18.1. The van der Waals surface area contributed by atoms with Crippen LogP contribution >= 0.6 is 0 Å². The molecule has 0 amide bonds. The molecule has 1 aromatic carbocycles. The fraction of sp³-hybridized carbons (Fsp3) is 0.353. The largest absolute Gasteiger partial charge is 2.00 e. The number of ether oxygens (including phenoxy) is 2. The molecule has 1 saturated carbocycles. The van der Waals surface area contributed by atoms with Crippen LogP contribution in [0.2, 0.25) is 0 Å². The van der Waals surface area contributed by atoms with Gasteiger partial charge in [0.25, 0.3) is 0 Å². The predicted molar refractivity (Wildman–Crippen MR) is 169 cm³/mol. The van der Waals surface area contributed by atoms with Gasteiger partial charge < -0.3 is 6.42 Å². The van der Waals surface area contributed by atoms with Crippen molar-refractivity contribution in [1.29, 1.82) is 0 Å². The number of rotatable bonds is 3. The van der Waals surface area contributed by atoms with Gasteiger partial charge in [-0.05, 0) is 0 Å². The van der Waals surface area contributed by atoms with E-state index in [1.54, 1.807) is 0 Å². The first-order valence-corrected chi connectivity index (χ1v) is 19.8. The van der Waals surface area contributed by atoms with E-state index in [0.717, 1.165) is 11.8 Å². The molecule has 226 valence electrons. The van der Waals surface area contributed by atoms with Gasteiger partial charge >= 0.3 is 226 Å². The first-order chi connectivity index (χ1) is 19.1. The third kappa shape index (κ3) is 10.9. The molecule has 4 nitrogen and oxygen atoms in total. The van der Waals surface area contributed by atoms with Crippen molar-refractivity contribution in [2.75, 3.05) is 13.2 Å². The Bertz CT molecular complexity index is 1070. The molecule has 5 aliphatic rings. The predicted octanol–water partition coefficient (Wildman–Crippen LogP) is 7.70. The molecule has 0 N–H and O–H groups in total. The minimum absolute atomic E-state index is 0. The number of nitrogens with zero attached hydrogens (tertiary/aromatic N) is 2. The Morgan fingerprint density at radius 1 is 0.714 bits per heavy atom. The molecule has 2 saturated heterocycles. The molecule has 2 heterocycles. The zero-order valence-corrected chi connectivity index (χ0v) is 30.7. The van der Waals surface area contributed by atoms with E-state index in [2.05, 4.69) is 78.0 Å². The summed E-state index contributed by atoms with van der Waals surface area (Å²) >= 11 is 0.701. The average molecular weight is 778 g/mol. The van der Waals surface area contributed by atoms with Crippen LogP contribution in [-0.2, 0) is 43.6 Å². The molecule has 0 aromatic heterocycles. The normalized spacial score (nSPS) is 25.8. The van der Waals surface area contributed by atoms with Crippen LogP contribution in [0.1, 0.15) is 41.5 Å². The molecule has 2 atom stereocenters. The van der Waals surface area contributed by atoms with Gasteiger partial charge in [-0.15, -0.1) is 0 Å².